The van der Waals surface area contributed by atoms with Crippen molar-refractivity contribution in [1.29, 1.82) is 0 Å². The van der Waals surface area contributed by atoms with E-state index < -0.39 is 0 Å². The summed E-state index contributed by atoms with van der Waals surface area (Å²) in [6.45, 7) is 3.60. The van der Waals surface area contributed by atoms with Crippen LogP contribution in [0.4, 0.5) is 5.82 Å². The summed E-state index contributed by atoms with van der Waals surface area (Å²) in [5, 5.41) is 0. The van der Waals surface area contributed by atoms with E-state index in [0.29, 0.717) is 24.4 Å². The Morgan fingerprint density at radius 2 is 2.33 bits per heavy atom. The average Bonchev–Trinajstić information content (AvgIpc) is 2.40. The molecular formula is C13H20ClN3O. The van der Waals surface area contributed by atoms with Crippen molar-refractivity contribution in [1.82, 2.24) is 9.97 Å². The predicted octanol–water partition coefficient (Wildman–Crippen LogP) is 2.86. The van der Waals surface area contributed by atoms with Crippen molar-refractivity contribution in [2.75, 3.05) is 23.9 Å². The van der Waals surface area contributed by atoms with Crippen molar-refractivity contribution in [3.05, 3.63) is 12.4 Å². The van der Waals surface area contributed by atoms with E-state index >= 15 is 0 Å². The van der Waals surface area contributed by atoms with Crippen LogP contribution >= 0.6 is 11.6 Å². The van der Waals surface area contributed by atoms with Gasteiger partial charge >= 0.3 is 0 Å². The number of alkyl halides is 1. The third-order valence-corrected chi connectivity index (χ3v) is 3.47. The van der Waals surface area contributed by atoms with Gasteiger partial charge in [-0.05, 0) is 32.6 Å². The van der Waals surface area contributed by atoms with Gasteiger partial charge in [0.2, 0.25) is 5.88 Å². The minimum Gasteiger partial charge on any atom is -0.477 e. The van der Waals surface area contributed by atoms with Crippen LogP contribution < -0.4 is 9.64 Å². The van der Waals surface area contributed by atoms with Crippen molar-refractivity contribution in [3.63, 3.8) is 0 Å². The Morgan fingerprint density at radius 1 is 1.44 bits per heavy atom. The molecule has 1 saturated heterocycles. The molecule has 1 aromatic heterocycles. The summed E-state index contributed by atoms with van der Waals surface area (Å²) in [4.78, 5) is 11.0. The lowest BCUT2D eigenvalue weighted by molar-refractivity contribution is 0.324. The van der Waals surface area contributed by atoms with Crippen molar-refractivity contribution in [2.24, 2.45) is 0 Å². The van der Waals surface area contributed by atoms with Crippen LogP contribution in [-0.2, 0) is 0 Å². The standard InChI is InChI=1S/C13H20ClN3O/c1-2-18-13-10-15-9-12(16-13)17-8-4-3-5-11(17)6-7-14/h9-11H,2-8H2,1H3. The van der Waals surface area contributed by atoms with E-state index in [1.54, 1.807) is 6.20 Å². The van der Waals surface area contributed by atoms with Crippen molar-refractivity contribution in [3.8, 4) is 5.88 Å². The quantitative estimate of drug-likeness (QED) is 0.771. The van der Waals surface area contributed by atoms with E-state index in [0.717, 1.165) is 18.8 Å². The van der Waals surface area contributed by atoms with Gasteiger partial charge in [-0.1, -0.05) is 0 Å². The molecule has 2 rings (SSSR count). The lowest BCUT2D eigenvalue weighted by Crippen LogP contribution is -2.40. The molecule has 0 saturated carbocycles. The Morgan fingerprint density at radius 3 is 3.11 bits per heavy atom. The molecule has 1 aliphatic rings. The monoisotopic (exact) mass is 269 g/mol. The second-order valence-electron chi connectivity index (χ2n) is 4.47. The van der Waals surface area contributed by atoms with Gasteiger partial charge < -0.3 is 9.64 Å². The van der Waals surface area contributed by atoms with Gasteiger partial charge in [-0.3, -0.25) is 4.98 Å². The van der Waals surface area contributed by atoms with Gasteiger partial charge in [0, 0.05) is 18.5 Å². The lowest BCUT2D eigenvalue weighted by atomic mass is 10.0. The van der Waals surface area contributed by atoms with Gasteiger partial charge in [0.25, 0.3) is 0 Å². The number of rotatable bonds is 5. The predicted molar refractivity (Wildman–Crippen MR) is 73.5 cm³/mol. The Kier molecular flexibility index (Phi) is 5.05. The molecule has 0 N–H and O–H groups in total. The fraction of sp³-hybridized carbons (Fsp3) is 0.692. The molecule has 0 bridgehead atoms. The van der Waals surface area contributed by atoms with Gasteiger partial charge in [-0.15, -0.1) is 11.6 Å². The van der Waals surface area contributed by atoms with Crippen LogP contribution in [0, 0.1) is 0 Å². The van der Waals surface area contributed by atoms with Crippen LogP contribution in [0.5, 0.6) is 5.88 Å². The molecule has 0 spiro atoms. The maximum Gasteiger partial charge on any atom is 0.234 e. The summed E-state index contributed by atoms with van der Waals surface area (Å²) in [6, 6.07) is 0.488. The fourth-order valence-electron chi connectivity index (χ4n) is 2.42. The molecule has 1 aliphatic heterocycles. The number of nitrogens with zero attached hydrogens (tertiary/aromatic N) is 3. The highest BCUT2D eigenvalue weighted by Crippen LogP contribution is 2.25. The van der Waals surface area contributed by atoms with E-state index in [1.165, 1.54) is 19.3 Å². The zero-order valence-electron chi connectivity index (χ0n) is 10.8. The summed E-state index contributed by atoms with van der Waals surface area (Å²) in [7, 11) is 0. The molecule has 1 atom stereocenters. The van der Waals surface area contributed by atoms with Gasteiger partial charge in [0.1, 0.15) is 0 Å². The third kappa shape index (κ3) is 3.25. The van der Waals surface area contributed by atoms with E-state index in [2.05, 4.69) is 14.9 Å². The van der Waals surface area contributed by atoms with Crippen LogP contribution in [-0.4, -0.2) is 35.0 Å². The van der Waals surface area contributed by atoms with Crippen molar-refractivity contribution >= 4 is 17.4 Å². The maximum absolute atomic E-state index is 5.88. The highest BCUT2D eigenvalue weighted by Gasteiger charge is 2.23. The van der Waals surface area contributed by atoms with Gasteiger partial charge in [-0.2, -0.15) is 4.98 Å². The number of piperidine rings is 1. The Bertz CT molecular complexity index is 373. The smallest absolute Gasteiger partial charge is 0.234 e. The van der Waals surface area contributed by atoms with Crippen LogP contribution in [0.3, 0.4) is 0 Å². The number of ether oxygens (including phenoxy) is 1. The third-order valence-electron chi connectivity index (χ3n) is 3.26. The molecule has 0 radical (unpaired) electrons. The first-order chi connectivity index (χ1) is 8.85. The zero-order chi connectivity index (χ0) is 12.8. The SMILES string of the molecule is CCOc1cncc(N2CCCCC2CCCl)n1. The van der Waals surface area contributed by atoms with E-state index in [1.807, 2.05) is 13.1 Å². The largest absolute Gasteiger partial charge is 0.477 e. The van der Waals surface area contributed by atoms with E-state index in [-0.39, 0.29) is 0 Å². The topological polar surface area (TPSA) is 38.2 Å². The minimum atomic E-state index is 0.488. The van der Waals surface area contributed by atoms with Crippen LogP contribution in [0.2, 0.25) is 0 Å². The fourth-order valence-corrected chi connectivity index (χ4v) is 2.67. The highest BCUT2D eigenvalue weighted by molar-refractivity contribution is 6.17. The molecule has 0 amide bonds. The first-order valence-corrected chi connectivity index (χ1v) is 7.16. The van der Waals surface area contributed by atoms with Gasteiger partial charge in [-0.25, -0.2) is 0 Å². The number of aromatic nitrogens is 2. The Labute approximate surface area is 113 Å². The van der Waals surface area contributed by atoms with Crippen molar-refractivity contribution < 1.29 is 4.74 Å². The van der Waals surface area contributed by atoms with Crippen LogP contribution in [0.15, 0.2) is 12.4 Å². The minimum absolute atomic E-state index is 0.488. The lowest BCUT2D eigenvalue weighted by Gasteiger charge is -2.36. The average molecular weight is 270 g/mol. The first kappa shape index (κ1) is 13.4. The van der Waals surface area contributed by atoms with Gasteiger partial charge in [0.15, 0.2) is 5.82 Å². The Balaban J connectivity index is 2.14. The molecule has 4 nitrogen and oxygen atoms in total. The van der Waals surface area contributed by atoms with Gasteiger partial charge in [0.05, 0.1) is 19.0 Å². The normalized spacial score (nSPS) is 19.9. The summed E-state index contributed by atoms with van der Waals surface area (Å²) >= 11 is 5.88. The molecule has 100 valence electrons. The summed E-state index contributed by atoms with van der Waals surface area (Å²) in [5.41, 5.74) is 0. The van der Waals surface area contributed by atoms with E-state index in [4.69, 9.17) is 16.3 Å². The molecule has 0 aliphatic carbocycles. The molecule has 0 aromatic carbocycles. The summed E-state index contributed by atoms with van der Waals surface area (Å²) < 4.78 is 5.41. The van der Waals surface area contributed by atoms with Crippen LogP contribution in [0.1, 0.15) is 32.6 Å². The second kappa shape index (κ2) is 6.78. The highest BCUT2D eigenvalue weighted by atomic mass is 35.5. The number of anilines is 1. The molecule has 5 heteroatoms. The second-order valence-corrected chi connectivity index (χ2v) is 4.85. The maximum atomic E-state index is 5.88. The molecular weight excluding hydrogens is 250 g/mol. The first-order valence-electron chi connectivity index (χ1n) is 6.62. The zero-order valence-corrected chi connectivity index (χ0v) is 11.6. The molecule has 1 aromatic rings. The number of hydrogen-bond donors (Lipinski definition) is 0. The molecule has 1 unspecified atom stereocenters. The van der Waals surface area contributed by atoms with Crippen LogP contribution in [0.25, 0.3) is 0 Å². The summed E-state index contributed by atoms with van der Waals surface area (Å²) in [6.07, 6.45) is 8.15. The number of hydrogen-bond acceptors (Lipinski definition) is 4. The van der Waals surface area contributed by atoms with E-state index in [9.17, 15) is 0 Å². The molecule has 2 heterocycles. The summed E-state index contributed by atoms with van der Waals surface area (Å²) in [5.74, 6) is 2.21. The number of halogens is 1. The van der Waals surface area contributed by atoms with Crippen molar-refractivity contribution in [2.45, 2.75) is 38.6 Å². The Hall–Kier alpha value is -1.03. The molecule has 18 heavy (non-hydrogen) atoms. The molecule has 1 fully saturated rings.